The van der Waals surface area contributed by atoms with Gasteiger partial charge in [-0.05, 0) is 28.8 Å². The highest BCUT2D eigenvalue weighted by molar-refractivity contribution is 9.10. The molecule has 5 heteroatoms. The zero-order valence-corrected chi connectivity index (χ0v) is 8.93. The van der Waals surface area contributed by atoms with Gasteiger partial charge in [0.1, 0.15) is 5.82 Å². The normalized spacial score (nSPS) is 15.5. The molecule has 2 rings (SSSR count). The van der Waals surface area contributed by atoms with E-state index in [1.165, 1.54) is 12.8 Å². The zero-order valence-electron chi connectivity index (χ0n) is 7.34. The fourth-order valence-electron chi connectivity index (χ4n) is 1.01. The van der Waals surface area contributed by atoms with Crippen molar-refractivity contribution in [2.24, 2.45) is 0 Å². The minimum atomic E-state index is 0.607. The first kappa shape index (κ1) is 8.74. The lowest BCUT2D eigenvalue weighted by molar-refractivity contribution is 1.07. The van der Waals surface area contributed by atoms with Crippen molar-refractivity contribution in [3.8, 4) is 0 Å². The van der Waals surface area contributed by atoms with Crippen molar-refractivity contribution in [2.45, 2.75) is 18.9 Å². The number of nitrogens with zero attached hydrogens (tertiary/aromatic N) is 2. The van der Waals surface area contributed by atoms with Gasteiger partial charge in [0, 0.05) is 19.3 Å². The summed E-state index contributed by atoms with van der Waals surface area (Å²) < 4.78 is 0.915. The van der Waals surface area contributed by atoms with Gasteiger partial charge in [-0.15, -0.1) is 0 Å². The van der Waals surface area contributed by atoms with Gasteiger partial charge in [0.05, 0.1) is 4.47 Å². The molecule has 0 bridgehead atoms. The third-order valence-electron chi connectivity index (χ3n) is 1.89. The lowest BCUT2D eigenvalue weighted by Crippen LogP contribution is -2.06. The van der Waals surface area contributed by atoms with E-state index in [9.17, 15) is 0 Å². The third-order valence-corrected chi connectivity index (χ3v) is 2.47. The molecule has 0 aromatic carbocycles. The van der Waals surface area contributed by atoms with Crippen molar-refractivity contribution in [3.05, 3.63) is 10.7 Å². The van der Waals surface area contributed by atoms with Crippen LogP contribution in [0.3, 0.4) is 0 Å². The fourth-order valence-corrected chi connectivity index (χ4v) is 1.32. The van der Waals surface area contributed by atoms with Crippen molar-refractivity contribution in [3.63, 3.8) is 0 Å². The Balaban J connectivity index is 2.19. The van der Waals surface area contributed by atoms with Crippen molar-refractivity contribution >= 4 is 27.7 Å². The number of nitrogens with one attached hydrogen (secondary N) is 2. The molecule has 4 nitrogen and oxygen atoms in total. The molecule has 1 aliphatic rings. The monoisotopic (exact) mass is 242 g/mol. The molecule has 0 aliphatic heterocycles. The van der Waals surface area contributed by atoms with E-state index in [0.29, 0.717) is 12.0 Å². The van der Waals surface area contributed by atoms with Crippen LogP contribution in [0.2, 0.25) is 0 Å². The molecule has 0 saturated heterocycles. The summed E-state index contributed by atoms with van der Waals surface area (Å²) in [6.07, 6.45) is 4.24. The summed E-state index contributed by atoms with van der Waals surface area (Å²) in [5.41, 5.74) is 0. The smallest absolute Gasteiger partial charge is 0.224 e. The van der Waals surface area contributed by atoms with Gasteiger partial charge in [-0.2, -0.15) is 4.98 Å². The second-order valence-electron chi connectivity index (χ2n) is 3.06. The van der Waals surface area contributed by atoms with Crippen LogP contribution in [-0.2, 0) is 0 Å². The minimum Gasteiger partial charge on any atom is -0.366 e. The molecule has 1 aromatic rings. The van der Waals surface area contributed by atoms with Gasteiger partial charge in [-0.25, -0.2) is 4.98 Å². The van der Waals surface area contributed by atoms with Gasteiger partial charge in [-0.3, -0.25) is 0 Å². The third kappa shape index (κ3) is 2.09. The molecule has 2 N–H and O–H groups in total. The molecule has 0 radical (unpaired) electrons. The maximum absolute atomic E-state index is 4.29. The summed E-state index contributed by atoms with van der Waals surface area (Å²) in [6, 6.07) is 0.607. The van der Waals surface area contributed by atoms with Crippen molar-refractivity contribution < 1.29 is 0 Å². The first-order chi connectivity index (χ1) is 6.29. The summed E-state index contributed by atoms with van der Waals surface area (Å²) in [5, 5.41) is 6.23. The first-order valence-electron chi connectivity index (χ1n) is 4.26. The second kappa shape index (κ2) is 3.49. The number of hydrogen-bond acceptors (Lipinski definition) is 4. The minimum absolute atomic E-state index is 0.607. The van der Waals surface area contributed by atoms with E-state index in [2.05, 4.69) is 36.5 Å². The maximum atomic E-state index is 4.29. The van der Waals surface area contributed by atoms with E-state index in [1.807, 2.05) is 7.05 Å². The van der Waals surface area contributed by atoms with Crippen LogP contribution in [0.4, 0.5) is 11.8 Å². The van der Waals surface area contributed by atoms with Gasteiger partial charge in [0.15, 0.2) is 0 Å². The molecule has 0 unspecified atom stereocenters. The van der Waals surface area contributed by atoms with Crippen molar-refractivity contribution in [1.82, 2.24) is 9.97 Å². The van der Waals surface area contributed by atoms with Gasteiger partial charge >= 0.3 is 0 Å². The molecular weight excluding hydrogens is 232 g/mol. The van der Waals surface area contributed by atoms with Crippen LogP contribution in [0, 0.1) is 0 Å². The number of aromatic nitrogens is 2. The standard InChI is InChI=1S/C8H11BrN4/c1-10-8-11-4-6(9)7(13-8)12-5-2-3-5/h4-5H,2-3H2,1H3,(H2,10,11,12,13). The molecule has 1 aromatic heterocycles. The molecule has 1 heterocycles. The Morgan fingerprint density at radius 3 is 2.92 bits per heavy atom. The molecule has 13 heavy (non-hydrogen) atoms. The van der Waals surface area contributed by atoms with Crippen LogP contribution in [0.15, 0.2) is 10.7 Å². The van der Waals surface area contributed by atoms with Gasteiger partial charge in [0.25, 0.3) is 0 Å². The number of anilines is 2. The highest BCUT2D eigenvalue weighted by atomic mass is 79.9. The van der Waals surface area contributed by atoms with Crippen LogP contribution >= 0.6 is 15.9 Å². The highest BCUT2D eigenvalue weighted by Gasteiger charge is 2.22. The topological polar surface area (TPSA) is 49.8 Å². The molecule has 0 atom stereocenters. The van der Waals surface area contributed by atoms with Crippen LogP contribution < -0.4 is 10.6 Å². The highest BCUT2D eigenvalue weighted by Crippen LogP contribution is 2.28. The molecular formula is C8H11BrN4. The summed E-state index contributed by atoms with van der Waals surface area (Å²) >= 11 is 3.40. The number of hydrogen-bond donors (Lipinski definition) is 2. The number of rotatable bonds is 3. The second-order valence-corrected chi connectivity index (χ2v) is 3.91. The Bertz CT molecular complexity index is 311. The summed E-state index contributed by atoms with van der Waals surface area (Å²) in [5.74, 6) is 1.52. The van der Waals surface area contributed by atoms with Gasteiger partial charge in [0.2, 0.25) is 5.95 Å². The molecule has 1 saturated carbocycles. The lowest BCUT2D eigenvalue weighted by atomic mass is 10.5. The number of halogens is 1. The quantitative estimate of drug-likeness (QED) is 0.850. The molecule has 1 fully saturated rings. The maximum Gasteiger partial charge on any atom is 0.224 e. The van der Waals surface area contributed by atoms with E-state index in [0.717, 1.165) is 10.3 Å². The largest absolute Gasteiger partial charge is 0.366 e. The van der Waals surface area contributed by atoms with Crippen LogP contribution in [0.1, 0.15) is 12.8 Å². The van der Waals surface area contributed by atoms with E-state index in [1.54, 1.807) is 6.20 Å². The van der Waals surface area contributed by atoms with E-state index >= 15 is 0 Å². The van der Waals surface area contributed by atoms with Crippen LogP contribution in [-0.4, -0.2) is 23.1 Å². The van der Waals surface area contributed by atoms with Crippen molar-refractivity contribution in [2.75, 3.05) is 17.7 Å². The summed E-state index contributed by atoms with van der Waals surface area (Å²) in [4.78, 5) is 8.37. The molecule has 70 valence electrons. The average Bonchev–Trinajstić information content (AvgIpc) is 2.93. The lowest BCUT2D eigenvalue weighted by Gasteiger charge is -2.06. The summed E-state index contributed by atoms with van der Waals surface area (Å²) in [7, 11) is 1.81. The average molecular weight is 243 g/mol. The molecule has 0 amide bonds. The van der Waals surface area contributed by atoms with Crippen LogP contribution in [0.25, 0.3) is 0 Å². The first-order valence-corrected chi connectivity index (χ1v) is 5.05. The Kier molecular flexibility index (Phi) is 2.35. The fraction of sp³-hybridized carbons (Fsp3) is 0.500. The van der Waals surface area contributed by atoms with Crippen molar-refractivity contribution in [1.29, 1.82) is 0 Å². The molecule has 1 aliphatic carbocycles. The Hall–Kier alpha value is -0.840. The predicted molar refractivity (Wildman–Crippen MR) is 55.9 cm³/mol. The molecule has 0 spiro atoms. The SMILES string of the molecule is CNc1ncc(Br)c(NC2CC2)n1. The zero-order chi connectivity index (χ0) is 9.26. The summed E-state index contributed by atoms with van der Waals surface area (Å²) in [6.45, 7) is 0. The predicted octanol–water partition coefficient (Wildman–Crippen LogP) is 1.86. The Morgan fingerprint density at radius 1 is 1.54 bits per heavy atom. The van der Waals surface area contributed by atoms with Crippen LogP contribution in [0.5, 0.6) is 0 Å². The van der Waals surface area contributed by atoms with Gasteiger partial charge < -0.3 is 10.6 Å². The van der Waals surface area contributed by atoms with E-state index in [-0.39, 0.29) is 0 Å². The Labute approximate surface area is 85.3 Å². The van der Waals surface area contributed by atoms with E-state index < -0.39 is 0 Å². The van der Waals surface area contributed by atoms with E-state index in [4.69, 9.17) is 0 Å². The Morgan fingerprint density at radius 2 is 2.31 bits per heavy atom. The van der Waals surface area contributed by atoms with Gasteiger partial charge in [-0.1, -0.05) is 0 Å².